The van der Waals surface area contributed by atoms with Gasteiger partial charge in [0.25, 0.3) is 0 Å². The molecule has 2 heteroatoms. The van der Waals surface area contributed by atoms with Gasteiger partial charge in [-0.05, 0) is 62.6 Å². The molecule has 1 aromatic carbocycles. The molecule has 1 fully saturated rings. The standard InChI is InChI=1S/C19H32N2/c1-5-21(6-2)18-10-8-17(9-11-18)14-20-19-12-7-15(3)13-16(19)4/h8-11,15-16,19-20H,5-7,12-14H2,1-4H3. The predicted molar refractivity (Wildman–Crippen MR) is 92.8 cm³/mol. The van der Waals surface area contributed by atoms with Gasteiger partial charge in [-0.2, -0.15) is 0 Å². The van der Waals surface area contributed by atoms with Crippen molar-refractivity contribution >= 4 is 5.69 Å². The minimum Gasteiger partial charge on any atom is -0.372 e. The molecule has 1 aliphatic rings. The second-order valence-electron chi connectivity index (χ2n) is 6.72. The zero-order chi connectivity index (χ0) is 15.2. The van der Waals surface area contributed by atoms with Gasteiger partial charge >= 0.3 is 0 Å². The largest absolute Gasteiger partial charge is 0.372 e. The van der Waals surface area contributed by atoms with Gasteiger partial charge in [0.15, 0.2) is 0 Å². The van der Waals surface area contributed by atoms with Crippen LogP contribution >= 0.6 is 0 Å². The summed E-state index contributed by atoms with van der Waals surface area (Å²) < 4.78 is 0. The Balaban J connectivity index is 1.86. The number of nitrogens with zero attached hydrogens (tertiary/aromatic N) is 1. The van der Waals surface area contributed by atoms with E-state index in [9.17, 15) is 0 Å². The minimum atomic E-state index is 0.698. The van der Waals surface area contributed by atoms with Gasteiger partial charge in [0.1, 0.15) is 0 Å². The first-order valence-electron chi connectivity index (χ1n) is 8.71. The number of anilines is 1. The van der Waals surface area contributed by atoms with Gasteiger partial charge in [0.05, 0.1) is 0 Å². The quantitative estimate of drug-likeness (QED) is 0.832. The first kappa shape index (κ1) is 16.4. The Labute approximate surface area is 130 Å². The number of hydrogen-bond donors (Lipinski definition) is 1. The Morgan fingerprint density at radius 3 is 2.29 bits per heavy atom. The number of benzene rings is 1. The third-order valence-electron chi connectivity index (χ3n) is 5.06. The summed E-state index contributed by atoms with van der Waals surface area (Å²) in [6, 6.07) is 9.77. The molecular weight excluding hydrogens is 256 g/mol. The first-order valence-corrected chi connectivity index (χ1v) is 8.71. The van der Waals surface area contributed by atoms with Crippen LogP contribution in [0.5, 0.6) is 0 Å². The van der Waals surface area contributed by atoms with Crippen molar-refractivity contribution in [1.29, 1.82) is 0 Å². The first-order chi connectivity index (χ1) is 10.1. The van der Waals surface area contributed by atoms with E-state index in [1.54, 1.807) is 0 Å². The van der Waals surface area contributed by atoms with Crippen LogP contribution in [0, 0.1) is 11.8 Å². The van der Waals surface area contributed by atoms with Crippen molar-refractivity contribution in [2.45, 2.75) is 59.5 Å². The molecule has 21 heavy (non-hydrogen) atoms. The van der Waals surface area contributed by atoms with E-state index in [0.29, 0.717) is 6.04 Å². The van der Waals surface area contributed by atoms with Crippen molar-refractivity contribution in [2.75, 3.05) is 18.0 Å². The molecule has 0 amide bonds. The Morgan fingerprint density at radius 2 is 1.71 bits per heavy atom. The maximum Gasteiger partial charge on any atom is 0.0366 e. The molecule has 0 saturated heterocycles. The smallest absolute Gasteiger partial charge is 0.0366 e. The van der Waals surface area contributed by atoms with E-state index in [0.717, 1.165) is 31.5 Å². The molecule has 118 valence electrons. The Bertz CT molecular complexity index is 408. The molecule has 3 unspecified atom stereocenters. The van der Waals surface area contributed by atoms with Crippen LogP contribution in [0.4, 0.5) is 5.69 Å². The van der Waals surface area contributed by atoms with Crippen LogP contribution in [0.15, 0.2) is 24.3 Å². The van der Waals surface area contributed by atoms with E-state index in [1.807, 2.05) is 0 Å². The average Bonchev–Trinajstić information content (AvgIpc) is 2.49. The lowest BCUT2D eigenvalue weighted by molar-refractivity contribution is 0.227. The van der Waals surface area contributed by atoms with Crippen molar-refractivity contribution < 1.29 is 0 Å². The molecule has 1 aliphatic carbocycles. The molecule has 0 radical (unpaired) electrons. The number of rotatable bonds is 6. The minimum absolute atomic E-state index is 0.698. The third kappa shape index (κ3) is 4.47. The third-order valence-corrected chi connectivity index (χ3v) is 5.06. The molecule has 0 bridgehead atoms. The SMILES string of the molecule is CCN(CC)c1ccc(CNC2CCC(C)CC2C)cc1. The van der Waals surface area contributed by atoms with Crippen LogP contribution in [0.25, 0.3) is 0 Å². The van der Waals surface area contributed by atoms with Gasteiger partial charge in [0, 0.05) is 31.4 Å². The molecule has 0 heterocycles. The highest BCUT2D eigenvalue weighted by molar-refractivity contribution is 5.47. The van der Waals surface area contributed by atoms with Crippen molar-refractivity contribution in [3.63, 3.8) is 0 Å². The molecule has 3 atom stereocenters. The average molecular weight is 288 g/mol. The zero-order valence-corrected chi connectivity index (χ0v) is 14.2. The highest BCUT2D eigenvalue weighted by Gasteiger charge is 2.24. The van der Waals surface area contributed by atoms with Crippen molar-refractivity contribution in [3.05, 3.63) is 29.8 Å². The van der Waals surface area contributed by atoms with Crippen molar-refractivity contribution in [3.8, 4) is 0 Å². The van der Waals surface area contributed by atoms with E-state index in [-0.39, 0.29) is 0 Å². The Morgan fingerprint density at radius 1 is 1.05 bits per heavy atom. The van der Waals surface area contributed by atoms with Crippen LogP contribution < -0.4 is 10.2 Å². The second kappa shape index (κ2) is 7.84. The lowest BCUT2D eigenvalue weighted by atomic mass is 9.80. The monoisotopic (exact) mass is 288 g/mol. The van der Waals surface area contributed by atoms with Crippen LogP contribution in [-0.2, 0) is 6.54 Å². The summed E-state index contributed by atoms with van der Waals surface area (Å²) in [5, 5.41) is 3.77. The van der Waals surface area contributed by atoms with Crippen LogP contribution in [0.2, 0.25) is 0 Å². The van der Waals surface area contributed by atoms with Gasteiger partial charge in [-0.3, -0.25) is 0 Å². The maximum absolute atomic E-state index is 3.77. The Kier molecular flexibility index (Phi) is 6.10. The summed E-state index contributed by atoms with van der Waals surface area (Å²) in [7, 11) is 0. The summed E-state index contributed by atoms with van der Waals surface area (Å²) in [6.07, 6.45) is 4.08. The highest BCUT2D eigenvalue weighted by atomic mass is 15.1. The van der Waals surface area contributed by atoms with Crippen LogP contribution in [0.3, 0.4) is 0 Å². The highest BCUT2D eigenvalue weighted by Crippen LogP contribution is 2.28. The molecule has 0 aromatic heterocycles. The fourth-order valence-electron chi connectivity index (χ4n) is 3.63. The van der Waals surface area contributed by atoms with Crippen molar-refractivity contribution in [1.82, 2.24) is 5.32 Å². The van der Waals surface area contributed by atoms with Crippen LogP contribution in [-0.4, -0.2) is 19.1 Å². The van der Waals surface area contributed by atoms with Crippen LogP contribution in [0.1, 0.15) is 52.5 Å². The normalized spacial score (nSPS) is 25.8. The number of hydrogen-bond acceptors (Lipinski definition) is 2. The van der Waals surface area contributed by atoms with E-state index in [2.05, 4.69) is 62.2 Å². The van der Waals surface area contributed by atoms with E-state index in [1.165, 1.54) is 30.5 Å². The zero-order valence-electron chi connectivity index (χ0n) is 14.2. The lowest BCUT2D eigenvalue weighted by Gasteiger charge is -2.33. The molecule has 0 aliphatic heterocycles. The topological polar surface area (TPSA) is 15.3 Å². The van der Waals surface area contributed by atoms with Gasteiger partial charge in [-0.1, -0.05) is 26.0 Å². The van der Waals surface area contributed by atoms with Gasteiger partial charge in [-0.25, -0.2) is 0 Å². The molecule has 0 spiro atoms. The van der Waals surface area contributed by atoms with Gasteiger partial charge in [-0.15, -0.1) is 0 Å². The molecule has 1 saturated carbocycles. The lowest BCUT2D eigenvalue weighted by Crippen LogP contribution is -2.38. The van der Waals surface area contributed by atoms with E-state index < -0.39 is 0 Å². The van der Waals surface area contributed by atoms with E-state index in [4.69, 9.17) is 0 Å². The van der Waals surface area contributed by atoms with E-state index >= 15 is 0 Å². The summed E-state index contributed by atoms with van der Waals surface area (Å²) in [5.74, 6) is 1.72. The van der Waals surface area contributed by atoms with Gasteiger partial charge in [0.2, 0.25) is 0 Å². The molecule has 1 aromatic rings. The summed E-state index contributed by atoms with van der Waals surface area (Å²) >= 11 is 0. The van der Waals surface area contributed by atoms with Gasteiger partial charge < -0.3 is 10.2 Å². The fraction of sp³-hybridized carbons (Fsp3) is 0.684. The van der Waals surface area contributed by atoms with Crippen molar-refractivity contribution in [2.24, 2.45) is 11.8 Å². The second-order valence-corrected chi connectivity index (χ2v) is 6.72. The summed E-state index contributed by atoms with van der Waals surface area (Å²) in [6.45, 7) is 12.4. The Hall–Kier alpha value is -1.02. The summed E-state index contributed by atoms with van der Waals surface area (Å²) in [5.41, 5.74) is 2.74. The predicted octanol–water partition coefficient (Wildman–Crippen LogP) is 4.45. The maximum atomic E-state index is 3.77. The molecule has 2 nitrogen and oxygen atoms in total. The number of nitrogens with one attached hydrogen (secondary N) is 1. The molecule has 1 N–H and O–H groups in total. The fourth-order valence-corrected chi connectivity index (χ4v) is 3.63. The molecule has 2 rings (SSSR count). The molecular formula is C19H32N2. The summed E-state index contributed by atoms with van der Waals surface area (Å²) in [4.78, 5) is 2.39.